The normalized spacial score (nSPS) is 30.4. The van der Waals surface area contributed by atoms with Gasteiger partial charge in [0.05, 0.1) is 6.10 Å². The quantitative estimate of drug-likeness (QED) is 0.691. The average Bonchev–Trinajstić information content (AvgIpc) is 2.56. The highest BCUT2D eigenvalue weighted by atomic mass is 79.9. The average molecular weight is 247 g/mol. The molecule has 0 unspecified atom stereocenters. The minimum Gasteiger partial charge on any atom is -0.373 e. The molecule has 0 spiro atoms. The van der Waals surface area contributed by atoms with E-state index in [-0.39, 0.29) is 0 Å². The summed E-state index contributed by atoms with van der Waals surface area (Å²) >= 11 is 5.42. The molecule has 1 aromatic rings. The van der Waals surface area contributed by atoms with Gasteiger partial charge in [0, 0.05) is 16.3 Å². The lowest BCUT2D eigenvalue weighted by Crippen LogP contribution is -2.18. The van der Waals surface area contributed by atoms with Gasteiger partial charge in [0.1, 0.15) is 0 Å². The van der Waals surface area contributed by atoms with Crippen LogP contribution in [0.25, 0.3) is 0 Å². The van der Waals surface area contributed by atoms with Crippen LogP contribution in [0.3, 0.4) is 0 Å². The Balaban J connectivity index is 2.04. The number of hydrogen-bond donors (Lipinski definition) is 0. The Hall–Kier alpha value is 0.140. The zero-order valence-electron chi connectivity index (χ0n) is 6.70. The molecule has 0 saturated carbocycles. The SMILES string of the molecule is Br[C@H]1CCO[C@@H](c2cccs2)C1. The first-order valence-electron chi connectivity index (χ1n) is 4.15. The molecular weight excluding hydrogens is 236 g/mol. The van der Waals surface area contributed by atoms with Gasteiger partial charge in [-0.1, -0.05) is 22.0 Å². The smallest absolute Gasteiger partial charge is 0.0927 e. The van der Waals surface area contributed by atoms with Gasteiger partial charge in [-0.25, -0.2) is 0 Å². The van der Waals surface area contributed by atoms with Crippen molar-refractivity contribution in [1.82, 2.24) is 0 Å². The molecule has 1 fully saturated rings. The van der Waals surface area contributed by atoms with Crippen molar-refractivity contribution in [1.29, 1.82) is 0 Å². The van der Waals surface area contributed by atoms with Crippen LogP contribution in [0, 0.1) is 0 Å². The second-order valence-electron chi connectivity index (χ2n) is 3.00. The molecule has 1 aliphatic heterocycles. The maximum Gasteiger partial charge on any atom is 0.0927 e. The number of alkyl halides is 1. The summed E-state index contributed by atoms with van der Waals surface area (Å²) in [4.78, 5) is 2.00. The van der Waals surface area contributed by atoms with Crippen molar-refractivity contribution < 1.29 is 4.74 Å². The molecule has 1 aliphatic rings. The van der Waals surface area contributed by atoms with E-state index < -0.39 is 0 Å². The predicted octanol–water partition coefficient (Wildman–Crippen LogP) is 3.36. The van der Waals surface area contributed by atoms with Crippen LogP contribution < -0.4 is 0 Å². The van der Waals surface area contributed by atoms with Gasteiger partial charge in [-0.15, -0.1) is 11.3 Å². The summed E-state index contributed by atoms with van der Waals surface area (Å²) < 4.78 is 5.67. The number of thiophene rings is 1. The first kappa shape index (κ1) is 8.73. The van der Waals surface area contributed by atoms with E-state index in [0.717, 1.165) is 19.4 Å². The topological polar surface area (TPSA) is 9.23 Å². The third-order valence-electron chi connectivity index (χ3n) is 2.08. The second-order valence-corrected chi connectivity index (χ2v) is 5.27. The fourth-order valence-electron chi connectivity index (χ4n) is 1.43. The summed E-state index contributed by atoms with van der Waals surface area (Å²) in [7, 11) is 0. The molecular formula is C9H11BrOS. The molecule has 1 saturated heterocycles. The Morgan fingerprint density at radius 1 is 1.58 bits per heavy atom. The van der Waals surface area contributed by atoms with Crippen LogP contribution >= 0.6 is 27.3 Å². The summed E-state index contributed by atoms with van der Waals surface area (Å²) in [6.45, 7) is 0.887. The Bertz CT molecular complexity index is 235. The Morgan fingerprint density at radius 2 is 2.50 bits per heavy atom. The number of halogens is 1. The van der Waals surface area contributed by atoms with Gasteiger partial charge < -0.3 is 4.74 Å². The maximum absolute atomic E-state index is 5.67. The van der Waals surface area contributed by atoms with Gasteiger partial charge in [-0.2, -0.15) is 0 Å². The predicted molar refractivity (Wildman–Crippen MR) is 55.0 cm³/mol. The van der Waals surface area contributed by atoms with E-state index in [1.807, 2.05) is 0 Å². The van der Waals surface area contributed by atoms with Gasteiger partial charge in [0.15, 0.2) is 0 Å². The summed E-state index contributed by atoms with van der Waals surface area (Å²) in [6, 6.07) is 4.24. The minimum absolute atomic E-state index is 0.336. The summed E-state index contributed by atoms with van der Waals surface area (Å²) in [6.07, 6.45) is 2.59. The maximum atomic E-state index is 5.67. The van der Waals surface area contributed by atoms with Crippen LogP contribution in [-0.2, 0) is 4.74 Å². The van der Waals surface area contributed by atoms with Crippen molar-refractivity contribution in [2.24, 2.45) is 0 Å². The monoisotopic (exact) mass is 246 g/mol. The van der Waals surface area contributed by atoms with Crippen molar-refractivity contribution in [3.05, 3.63) is 22.4 Å². The molecule has 3 heteroatoms. The third-order valence-corrected chi connectivity index (χ3v) is 3.88. The van der Waals surface area contributed by atoms with Gasteiger partial charge in [0.25, 0.3) is 0 Å². The van der Waals surface area contributed by atoms with Gasteiger partial charge in [-0.3, -0.25) is 0 Å². The second kappa shape index (κ2) is 3.90. The van der Waals surface area contributed by atoms with Crippen LogP contribution in [0.2, 0.25) is 0 Å². The van der Waals surface area contributed by atoms with E-state index in [0.29, 0.717) is 10.9 Å². The molecule has 1 nitrogen and oxygen atoms in total. The van der Waals surface area contributed by atoms with Gasteiger partial charge in [0.2, 0.25) is 0 Å². The summed E-state index contributed by atoms with van der Waals surface area (Å²) in [5.74, 6) is 0. The van der Waals surface area contributed by atoms with E-state index in [9.17, 15) is 0 Å². The van der Waals surface area contributed by atoms with Crippen LogP contribution in [0.5, 0.6) is 0 Å². The molecule has 0 N–H and O–H groups in total. The molecule has 12 heavy (non-hydrogen) atoms. The molecule has 66 valence electrons. The molecule has 0 amide bonds. The van der Waals surface area contributed by atoms with Crippen LogP contribution in [0.15, 0.2) is 17.5 Å². The third kappa shape index (κ3) is 1.90. The van der Waals surface area contributed by atoms with Crippen molar-refractivity contribution in [2.75, 3.05) is 6.61 Å². The molecule has 0 radical (unpaired) electrons. The van der Waals surface area contributed by atoms with Crippen molar-refractivity contribution in [2.45, 2.75) is 23.8 Å². The largest absolute Gasteiger partial charge is 0.373 e. The lowest BCUT2D eigenvalue weighted by molar-refractivity contribution is 0.0210. The van der Waals surface area contributed by atoms with Crippen LogP contribution in [-0.4, -0.2) is 11.4 Å². The van der Waals surface area contributed by atoms with E-state index in [1.165, 1.54) is 4.88 Å². The lowest BCUT2D eigenvalue weighted by Gasteiger charge is -2.25. The summed E-state index contributed by atoms with van der Waals surface area (Å²) in [5.41, 5.74) is 0. The zero-order chi connectivity index (χ0) is 8.39. The number of rotatable bonds is 1. The zero-order valence-corrected chi connectivity index (χ0v) is 9.11. The molecule has 2 atom stereocenters. The van der Waals surface area contributed by atoms with E-state index in [2.05, 4.69) is 33.4 Å². The first-order valence-corrected chi connectivity index (χ1v) is 5.95. The van der Waals surface area contributed by atoms with Gasteiger partial charge in [-0.05, 0) is 24.3 Å². The van der Waals surface area contributed by atoms with Gasteiger partial charge >= 0.3 is 0 Å². The Kier molecular flexibility index (Phi) is 2.84. The lowest BCUT2D eigenvalue weighted by atomic mass is 10.1. The minimum atomic E-state index is 0.336. The summed E-state index contributed by atoms with van der Waals surface area (Å²) in [5, 5.41) is 2.11. The first-order chi connectivity index (χ1) is 5.86. The van der Waals surface area contributed by atoms with Crippen LogP contribution in [0.1, 0.15) is 23.8 Å². The van der Waals surface area contributed by atoms with E-state index in [1.54, 1.807) is 11.3 Å². The highest BCUT2D eigenvalue weighted by molar-refractivity contribution is 9.09. The molecule has 0 aromatic carbocycles. The Morgan fingerprint density at radius 3 is 3.17 bits per heavy atom. The number of hydrogen-bond acceptors (Lipinski definition) is 2. The Labute approximate surface area is 84.9 Å². The van der Waals surface area contributed by atoms with Crippen LogP contribution in [0.4, 0.5) is 0 Å². The van der Waals surface area contributed by atoms with E-state index in [4.69, 9.17) is 4.74 Å². The fourth-order valence-corrected chi connectivity index (χ4v) is 2.74. The molecule has 0 aliphatic carbocycles. The highest BCUT2D eigenvalue weighted by Crippen LogP contribution is 2.33. The standard InChI is InChI=1S/C9H11BrOS/c10-7-3-4-11-8(6-7)9-2-1-5-12-9/h1-2,5,7-8H,3-4,6H2/t7-,8+/m0/s1. The highest BCUT2D eigenvalue weighted by Gasteiger charge is 2.22. The van der Waals surface area contributed by atoms with E-state index >= 15 is 0 Å². The van der Waals surface area contributed by atoms with Crippen molar-refractivity contribution in [3.63, 3.8) is 0 Å². The van der Waals surface area contributed by atoms with Crippen molar-refractivity contribution >= 4 is 27.3 Å². The molecule has 1 aromatic heterocycles. The molecule has 2 heterocycles. The van der Waals surface area contributed by atoms with Crippen molar-refractivity contribution in [3.8, 4) is 0 Å². The fraction of sp³-hybridized carbons (Fsp3) is 0.556. The molecule has 2 rings (SSSR count). The number of ether oxygens (including phenoxy) is 1. The molecule has 0 bridgehead atoms.